The van der Waals surface area contributed by atoms with Crippen molar-refractivity contribution < 1.29 is 13.2 Å². The zero-order chi connectivity index (χ0) is 27.7. The van der Waals surface area contributed by atoms with E-state index in [-0.39, 0.29) is 10.8 Å². The molecule has 0 spiro atoms. The van der Waals surface area contributed by atoms with Gasteiger partial charge in [-0.1, -0.05) is 84.6 Å². The number of rotatable bonds is 7. The van der Waals surface area contributed by atoms with Crippen LogP contribution in [-0.2, 0) is 21.4 Å². The van der Waals surface area contributed by atoms with Crippen LogP contribution in [0.25, 0.3) is 23.0 Å². The molecule has 10 heteroatoms. The first-order valence-corrected chi connectivity index (χ1v) is 15.6. The summed E-state index contributed by atoms with van der Waals surface area (Å²) in [6.45, 7) is 1.46. The molecule has 7 nitrogen and oxygen atoms in total. The molecule has 4 aromatic rings. The van der Waals surface area contributed by atoms with Gasteiger partial charge in [-0.2, -0.15) is 9.40 Å². The molecule has 1 aromatic heterocycles. The van der Waals surface area contributed by atoms with E-state index in [1.54, 1.807) is 33.9 Å². The second-order valence-electron chi connectivity index (χ2n) is 9.61. The highest BCUT2D eigenvalue weighted by Crippen LogP contribution is 2.36. The monoisotopic (exact) mass is 586 g/mol. The number of para-hydroxylation sites is 1. The second-order valence-corrected chi connectivity index (χ2v) is 13.2. The molecule has 1 amide bonds. The topological polar surface area (TPSA) is 75.5 Å². The van der Waals surface area contributed by atoms with Gasteiger partial charge in [-0.15, -0.1) is 0 Å². The van der Waals surface area contributed by atoms with Crippen molar-refractivity contribution in [2.75, 3.05) is 13.1 Å². The molecule has 0 bridgehead atoms. The molecule has 3 aromatic carbocycles. The van der Waals surface area contributed by atoms with Crippen LogP contribution < -0.4 is 0 Å². The largest absolute Gasteiger partial charge is 0.288 e. The van der Waals surface area contributed by atoms with Crippen molar-refractivity contribution in [1.29, 1.82) is 0 Å². The summed E-state index contributed by atoms with van der Waals surface area (Å²) in [6, 6.07) is 26.3. The minimum absolute atomic E-state index is 0.164. The quantitative estimate of drug-likeness (QED) is 0.204. The third-order valence-electron chi connectivity index (χ3n) is 6.92. The smallest absolute Gasteiger partial charge is 0.266 e. The Bertz CT molecular complexity index is 1710. The van der Waals surface area contributed by atoms with Gasteiger partial charge in [-0.05, 0) is 48.7 Å². The third-order valence-corrected chi connectivity index (χ3v) is 10.2. The molecule has 2 aliphatic heterocycles. The SMILES string of the molecule is O=C1/C(=C/c2cn(-c3ccccc3)nc2-c2cccc(S(=O)(=O)N3CCCC3)c2)SC(=S)N1Cc1ccccc1. The summed E-state index contributed by atoms with van der Waals surface area (Å²) in [5.41, 5.74) is 3.77. The van der Waals surface area contributed by atoms with Crippen LogP contribution in [0.3, 0.4) is 0 Å². The van der Waals surface area contributed by atoms with Crippen LogP contribution in [0.1, 0.15) is 24.0 Å². The van der Waals surface area contributed by atoms with Gasteiger partial charge in [-0.25, -0.2) is 13.1 Å². The Balaban J connectivity index is 1.39. The average Bonchev–Trinajstić information content (AvgIpc) is 3.72. The summed E-state index contributed by atoms with van der Waals surface area (Å²) in [5.74, 6) is -0.164. The van der Waals surface area contributed by atoms with Crippen LogP contribution in [0.4, 0.5) is 0 Å². The van der Waals surface area contributed by atoms with Crippen LogP contribution in [-0.4, -0.2) is 50.7 Å². The van der Waals surface area contributed by atoms with Crippen LogP contribution >= 0.6 is 24.0 Å². The second kappa shape index (κ2) is 11.1. The number of sulfonamides is 1. The van der Waals surface area contributed by atoms with Gasteiger partial charge in [0.15, 0.2) is 0 Å². The molecule has 2 aliphatic rings. The molecule has 0 aliphatic carbocycles. The van der Waals surface area contributed by atoms with E-state index in [0.29, 0.717) is 45.7 Å². The Morgan fingerprint density at radius 1 is 0.925 bits per heavy atom. The summed E-state index contributed by atoms with van der Waals surface area (Å²) in [4.78, 5) is 15.8. The molecule has 0 radical (unpaired) electrons. The standard InChI is InChI=1S/C30H26N4O3S3/c35-29-27(39-30(38)33(29)20-22-10-3-1-4-11-22)19-24-21-34(25-13-5-2-6-14-25)31-28(24)23-12-9-15-26(18-23)40(36,37)32-16-7-8-17-32/h1-6,9-15,18-19,21H,7-8,16-17,20H2/b27-19-. The average molecular weight is 587 g/mol. The summed E-state index contributed by atoms with van der Waals surface area (Å²) < 4.78 is 30.4. The van der Waals surface area contributed by atoms with E-state index in [0.717, 1.165) is 24.1 Å². The zero-order valence-corrected chi connectivity index (χ0v) is 24.0. The number of aromatic nitrogens is 2. The van der Waals surface area contributed by atoms with Crippen LogP contribution in [0.5, 0.6) is 0 Å². The fourth-order valence-electron chi connectivity index (χ4n) is 4.86. The van der Waals surface area contributed by atoms with Crippen molar-refractivity contribution in [2.24, 2.45) is 0 Å². The van der Waals surface area contributed by atoms with Gasteiger partial charge < -0.3 is 0 Å². The van der Waals surface area contributed by atoms with E-state index < -0.39 is 10.0 Å². The van der Waals surface area contributed by atoms with Crippen molar-refractivity contribution in [2.45, 2.75) is 24.3 Å². The van der Waals surface area contributed by atoms with Gasteiger partial charge in [0.05, 0.1) is 22.0 Å². The number of hydrogen-bond donors (Lipinski definition) is 0. The Morgan fingerprint density at radius 3 is 2.35 bits per heavy atom. The first-order chi connectivity index (χ1) is 19.4. The van der Waals surface area contributed by atoms with Crippen LogP contribution in [0.2, 0.25) is 0 Å². The Hall–Kier alpha value is -3.57. The maximum atomic E-state index is 13.4. The molecule has 3 heterocycles. The molecule has 0 saturated carbocycles. The normalized spacial score (nSPS) is 17.3. The zero-order valence-electron chi connectivity index (χ0n) is 21.5. The molecular weight excluding hydrogens is 561 g/mol. The molecule has 202 valence electrons. The number of thioether (sulfide) groups is 1. The van der Waals surface area contributed by atoms with E-state index in [1.807, 2.05) is 72.9 Å². The summed E-state index contributed by atoms with van der Waals surface area (Å²) in [7, 11) is -3.60. The summed E-state index contributed by atoms with van der Waals surface area (Å²) in [6.07, 6.45) is 5.39. The predicted molar refractivity (Wildman–Crippen MR) is 162 cm³/mol. The van der Waals surface area contributed by atoms with Crippen LogP contribution in [0.15, 0.2) is 101 Å². The highest BCUT2D eigenvalue weighted by molar-refractivity contribution is 8.26. The number of nitrogens with zero attached hydrogens (tertiary/aromatic N) is 4. The minimum Gasteiger partial charge on any atom is -0.288 e. The van der Waals surface area contributed by atoms with Crippen molar-refractivity contribution in [3.05, 3.63) is 107 Å². The molecule has 6 rings (SSSR count). The molecule has 0 unspecified atom stereocenters. The fourth-order valence-corrected chi connectivity index (χ4v) is 7.66. The molecule has 2 saturated heterocycles. The van der Waals surface area contributed by atoms with Crippen LogP contribution in [0, 0.1) is 0 Å². The van der Waals surface area contributed by atoms with Crippen molar-refractivity contribution in [3.63, 3.8) is 0 Å². The molecular formula is C30H26N4O3S3. The van der Waals surface area contributed by atoms with Gasteiger partial charge in [0.1, 0.15) is 10.0 Å². The third kappa shape index (κ3) is 5.27. The number of benzene rings is 3. The van der Waals surface area contributed by atoms with E-state index in [2.05, 4.69) is 0 Å². The lowest BCUT2D eigenvalue weighted by atomic mass is 10.1. The molecule has 2 fully saturated rings. The molecule has 0 atom stereocenters. The summed E-state index contributed by atoms with van der Waals surface area (Å²) in [5, 5.41) is 4.84. The minimum atomic E-state index is -3.60. The van der Waals surface area contributed by atoms with Gasteiger partial charge in [0, 0.05) is 30.4 Å². The number of thiocarbonyl (C=S) groups is 1. The van der Waals surface area contributed by atoms with Gasteiger partial charge in [-0.3, -0.25) is 9.69 Å². The lowest BCUT2D eigenvalue weighted by Crippen LogP contribution is -2.27. The number of amides is 1. The highest BCUT2D eigenvalue weighted by atomic mass is 32.2. The predicted octanol–water partition coefficient (Wildman–Crippen LogP) is 5.73. The fraction of sp³-hybridized carbons (Fsp3) is 0.167. The van der Waals surface area contributed by atoms with Crippen molar-refractivity contribution in [1.82, 2.24) is 19.0 Å². The number of carbonyl (C=O) groups excluding carboxylic acids is 1. The lowest BCUT2D eigenvalue weighted by Gasteiger charge is -2.16. The summed E-state index contributed by atoms with van der Waals surface area (Å²) >= 11 is 6.82. The first-order valence-electron chi connectivity index (χ1n) is 13.0. The van der Waals surface area contributed by atoms with Crippen molar-refractivity contribution in [3.8, 4) is 16.9 Å². The van der Waals surface area contributed by atoms with Crippen molar-refractivity contribution >= 4 is 50.3 Å². The maximum absolute atomic E-state index is 13.4. The van der Waals surface area contributed by atoms with Gasteiger partial charge in [0.2, 0.25) is 10.0 Å². The Labute approximate surface area is 243 Å². The van der Waals surface area contributed by atoms with E-state index in [9.17, 15) is 13.2 Å². The molecule has 0 N–H and O–H groups in total. The van der Waals surface area contributed by atoms with E-state index in [4.69, 9.17) is 17.3 Å². The number of carbonyl (C=O) groups is 1. The lowest BCUT2D eigenvalue weighted by molar-refractivity contribution is -0.122. The first kappa shape index (κ1) is 26.6. The highest BCUT2D eigenvalue weighted by Gasteiger charge is 2.33. The van der Waals surface area contributed by atoms with E-state index >= 15 is 0 Å². The van der Waals surface area contributed by atoms with Gasteiger partial charge in [0.25, 0.3) is 5.91 Å². The Morgan fingerprint density at radius 2 is 1.62 bits per heavy atom. The number of hydrogen-bond acceptors (Lipinski definition) is 6. The van der Waals surface area contributed by atoms with Gasteiger partial charge >= 0.3 is 0 Å². The molecule has 40 heavy (non-hydrogen) atoms. The maximum Gasteiger partial charge on any atom is 0.266 e. The van der Waals surface area contributed by atoms with E-state index in [1.165, 1.54) is 16.1 Å². The Kier molecular flexibility index (Phi) is 7.41.